The minimum atomic E-state index is -0.139. The number of carbonyl (C=O) groups excluding carboxylic acids is 2. The van der Waals surface area contributed by atoms with Crippen LogP contribution in [0, 0.1) is 0 Å². The van der Waals surface area contributed by atoms with Gasteiger partial charge in [0.1, 0.15) is 6.61 Å². The van der Waals surface area contributed by atoms with E-state index in [2.05, 4.69) is 17.6 Å². The fourth-order valence-electron chi connectivity index (χ4n) is 1.74. The summed E-state index contributed by atoms with van der Waals surface area (Å²) in [6.45, 7) is 8.33. The summed E-state index contributed by atoms with van der Waals surface area (Å²) >= 11 is 0. The van der Waals surface area contributed by atoms with Crippen LogP contribution in [0.4, 0.5) is 0 Å². The molecule has 0 radical (unpaired) electrons. The molecule has 0 heterocycles. The number of nitrogens with one attached hydrogen (secondary N) is 2. The SMILES string of the molecule is CCCCC(=O)NCCOCCOCCOCCNC(=O)COCC.[HH].[HH]. The predicted octanol–water partition coefficient (Wildman–Crippen LogP) is 0.987. The lowest BCUT2D eigenvalue weighted by atomic mass is 10.2. The topological polar surface area (TPSA) is 95.1 Å². The molecule has 0 aromatic carbocycles. The second kappa shape index (κ2) is 19.1. The first-order chi connectivity index (χ1) is 12.2. The molecule has 0 atom stereocenters. The number of ether oxygens (including phenoxy) is 4. The van der Waals surface area contributed by atoms with Crippen molar-refractivity contribution >= 4 is 11.8 Å². The van der Waals surface area contributed by atoms with Crippen LogP contribution in [0.1, 0.15) is 36.0 Å². The van der Waals surface area contributed by atoms with Crippen LogP contribution in [0.3, 0.4) is 0 Å². The average molecular weight is 366 g/mol. The van der Waals surface area contributed by atoms with Crippen molar-refractivity contribution in [3.63, 3.8) is 0 Å². The molecule has 0 saturated heterocycles. The van der Waals surface area contributed by atoms with Gasteiger partial charge >= 0.3 is 0 Å². The molecule has 0 bridgehead atoms. The average Bonchev–Trinajstić information content (AvgIpc) is 2.61. The van der Waals surface area contributed by atoms with E-state index in [1.165, 1.54) is 0 Å². The smallest absolute Gasteiger partial charge is 0.246 e. The number of unbranched alkanes of at least 4 members (excludes halogenated alkanes) is 1. The molecule has 8 nitrogen and oxygen atoms in total. The second-order valence-corrected chi connectivity index (χ2v) is 5.28. The molecule has 0 fully saturated rings. The third kappa shape index (κ3) is 19.0. The normalized spacial score (nSPS) is 10.6. The number of amides is 2. The Hall–Kier alpha value is -1.22. The first-order valence-electron chi connectivity index (χ1n) is 9.05. The van der Waals surface area contributed by atoms with Crippen LogP contribution in [0.5, 0.6) is 0 Å². The van der Waals surface area contributed by atoms with Crippen LogP contribution in [-0.2, 0) is 28.5 Å². The molecule has 0 aliphatic heterocycles. The van der Waals surface area contributed by atoms with Gasteiger partial charge in [0.05, 0.1) is 39.6 Å². The molecule has 152 valence electrons. The Morgan fingerprint density at radius 2 is 1.28 bits per heavy atom. The molecule has 0 aliphatic rings. The highest BCUT2D eigenvalue weighted by molar-refractivity contribution is 5.77. The van der Waals surface area contributed by atoms with Gasteiger partial charge in [-0.1, -0.05) is 13.3 Å². The van der Waals surface area contributed by atoms with Gasteiger partial charge < -0.3 is 29.6 Å². The highest BCUT2D eigenvalue weighted by Gasteiger charge is 2.00. The third-order valence-electron chi connectivity index (χ3n) is 3.08. The standard InChI is InChI=1S/C17H34N2O6.2H2/c1-3-5-6-16(20)18-7-9-23-11-13-25-14-12-24-10-8-19-17(21)15-22-4-2;;/h3-15H2,1-2H3,(H,18,20)(H,19,21);2*1H. The fraction of sp³-hybridized carbons (Fsp3) is 0.882. The molecule has 0 aromatic rings. The van der Waals surface area contributed by atoms with Crippen LogP contribution in [-0.4, -0.2) is 77.8 Å². The van der Waals surface area contributed by atoms with Gasteiger partial charge in [-0.05, 0) is 13.3 Å². The Balaban J connectivity index is -0.00000288. The number of hydrogen-bond acceptors (Lipinski definition) is 6. The molecule has 0 saturated carbocycles. The lowest BCUT2D eigenvalue weighted by molar-refractivity contribution is -0.125. The van der Waals surface area contributed by atoms with Crippen LogP contribution < -0.4 is 10.6 Å². The molecular weight excluding hydrogens is 328 g/mol. The summed E-state index contributed by atoms with van der Waals surface area (Å²) in [4.78, 5) is 22.5. The largest absolute Gasteiger partial charge is 0.377 e. The van der Waals surface area contributed by atoms with Gasteiger partial charge in [-0.3, -0.25) is 9.59 Å². The Bertz CT molecular complexity index is 309. The Kier molecular flexibility index (Phi) is 18.2. The minimum Gasteiger partial charge on any atom is -0.377 e. The summed E-state index contributed by atoms with van der Waals surface area (Å²) in [5.74, 6) is -0.0617. The van der Waals surface area contributed by atoms with Gasteiger partial charge in [-0.2, -0.15) is 0 Å². The van der Waals surface area contributed by atoms with Gasteiger partial charge in [0, 0.05) is 29.0 Å². The molecule has 0 aliphatic carbocycles. The van der Waals surface area contributed by atoms with Gasteiger partial charge in [-0.15, -0.1) is 0 Å². The highest BCUT2D eigenvalue weighted by Crippen LogP contribution is 1.92. The molecular formula is C17H38N2O6. The van der Waals surface area contributed by atoms with Crippen molar-refractivity contribution in [3.8, 4) is 0 Å². The van der Waals surface area contributed by atoms with Crippen molar-refractivity contribution in [1.82, 2.24) is 10.6 Å². The van der Waals surface area contributed by atoms with E-state index in [1.54, 1.807) is 0 Å². The van der Waals surface area contributed by atoms with E-state index in [-0.39, 0.29) is 21.3 Å². The van der Waals surface area contributed by atoms with Crippen LogP contribution in [0.25, 0.3) is 0 Å². The van der Waals surface area contributed by atoms with Crippen molar-refractivity contribution in [2.45, 2.75) is 33.1 Å². The Morgan fingerprint density at radius 1 is 0.760 bits per heavy atom. The Labute approximate surface area is 153 Å². The lowest BCUT2D eigenvalue weighted by Crippen LogP contribution is -2.30. The summed E-state index contributed by atoms with van der Waals surface area (Å²) in [5.41, 5.74) is 0. The van der Waals surface area contributed by atoms with E-state index < -0.39 is 0 Å². The van der Waals surface area contributed by atoms with Crippen molar-refractivity contribution in [2.75, 3.05) is 65.9 Å². The van der Waals surface area contributed by atoms with E-state index >= 15 is 0 Å². The van der Waals surface area contributed by atoms with Crippen LogP contribution in [0.15, 0.2) is 0 Å². The maximum absolute atomic E-state index is 11.3. The first kappa shape index (κ1) is 23.8. The summed E-state index contributed by atoms with van der Waals surface area (Å²) < 4.78 is 21.0. The van der Waals surface area contributed by atoms with E-state index in [9.17, 15) is 9.59 Å². The molecule has 8 heteroatoms. The second-order valence-electron chi connectivity index (χ2n) is 5.28. The van der Waals surface area contributed by atoms with E-state index in [0.29, 0.717) is 65.8 Å². The van der Waals surface area contributed by atoms with Crippen molar-refractivity contribution in [1.29, 1.82) is 0 Å². The quantitative estimate of drug-likeness (QED) is 0.351. The van der Waals surface area contributed by atoms with Gasteiger partial charge in [0.25, 0.3) is 0 Å². The summed E-state index contributed by atoms with van der Waals surface area (Å²) in [6.07, 6.45) is 2.52. The predicted molar refractivity (Wildman–Crippen MR) is 98.7 cm³/mol. The Morgan fingerprint density at radius 3 is 1.80 bits per heavy atom. The lowest BCUT2D eigenvalue weighted by Gasteiger charge is -2.08. The maximum atomic E-state index is 11.3. The van der Waals surface area contributed by atoms with Crippen molar-refractivity contribution < 1.29 is 31.4 Å². The summed E-state index contributed by atoms with van der Waals surface area (Å²) in [7, 11) is 0. The zero-order valence-corrected chi connectivity index (χ0v) is 15.6. The molecule has 2 N–H and O–H groups in total. The van der Waals surface area contributed by atoms with E-state index in [4.69, 9.17) is 18.9 Å². The van der Waals surface area contributed by atoms with Gasteiger partial charge in [-0.25, -0.2) is 0 Å². The third-order valence-corrected chi connectivity index (χ3v) is 3.08. The van der Waals surface area contributed by atoms with Crippen LogP contribution in [0.2, 0.25) is 0 Å². The van der Waals surface area contributed by atoms with Gasteiger partial charge in [0.15, 0.2) is 0 Å². The number of rotatable bonds is 18. The van der Waals surface area contributed by atoms with Gasteiger partial charge in [0.2, 0.25) is 11.8 Å². The van der Waals surface area contributed by atoms with Crippen molar-refractivity contribution in [2.24, 2.45) is 0 Å². The summed E-state index contributed by atoms with van der Waals surface area (Å²) in [5, 5.41) is 5.49. The number of carbonyl (C=O) groups is 2. The minimum absolute atomic E-state index is 0. The molecule has 0 rings (SSSR count). The summed E-state index contributed by atoms with van der Waals surface area (Å²) in [6, 6.07) is 0. The molecule has 0 spiro atoms. The molecule has 0 aromatic heterocycles. The van der Waals surface area contributed by atoms with E-state index in [0.717, 1.165) is 12.8 Å². The van der Waals surface area contributed by atoms with Crippen LogP contribution >= 0.6 is 0 Å². The zero-order chi connectivity index (χ0) is 18.6. The molecule has 25 heavy (non-hydrogen) atoms. The first-order valence-corrected chi connectivity index (χ1v) is 9.05. The molecule has 0 unspecified atom stereocenters. The molecule has 2 amide bonds. The number of hydrogen-bond donors (Lipinski definition) is 2. The maximum Gasteiger partial charge on any atom is 0.246 e. The monoisotopic (exact) mass is 366 g/mol. The fourth-order valence-corrected chi connectivity index (χ4v) is 1.74. The van der Waals surface area contributed by atoms with Crippen molar-refractivity contribution in [3.05, 3.63) is 0 Å². The van der Waals surface area contributed by atoms with E-state index in [1.807, 2.05) is 6.92 Å². The highest BCUT2D eigenvalue weighted by atomic mass is 16.5. The zero-order valence-electron chi connectivity index (χ0n) is 15.6.